The summed E-state index contributed by atoms with van der Waals surface area (Å²) in [6, 6.07) is 5.34. The van der Waals surface area contributed by atoms with Crippen LogP contribution in [0, 0.1) is 6.92 Å². The Kier molecular flexibility index (Phi) is 3.62. The van der Waals surface area contributed by atoms with E-state index in [1.54, 1.807) is 12.1 Å². The van der Waals surface area contributed by atoms with E-state index in [1.807, 2.05) is 13.0 Å². The van der Waals surface area contributed by atoms with Gasteiger partial charge in [-0.3, -0.25) is 4.79 Å². The number of aryl methyl sites for hydroxylation is 1. The van der Waals surface area contributed by atoms with Crippen molar-refractivity contribution in [3.05, 3.63) is 39.9 Å². The maximum Gasteiger partial charge on any atom is 0.332 e. The number of benzene rings is 1. The SMILES string of the molecule is Cc1cccc2c(=O)[nH]c(COC(C)C(=O)O)nc12. The van der Waals surface area contributed by atoms with Gasteiger partial charge in [0, 0.05) is 0 Å². The largest absolute Gasteiger partial charge is 0.479 e. The molecule has 0 radical (unpaired) electrons. The second-order valence-corrected chi connectivity index (χ2v) is 4.28. The summed E-state index contributed by atoms with van der Waals surface area (Å²) in [5.41, 5.74) is 1.24. The number of H-pyrrole nitrogens is 1. The van der Waals surface area contributed by atoms with Crippen LogP contribution in [0.3, 0.4) is 0 Å². The zero-order valence-electron chi connectivity index (χ0n) is 10.6. The Morgan fingerprint density at radius 1 is 1.53 bits per heavy atom. The first-order valence-electron chi connectivity index (χ1n) is 5.82. The number of fused-ring (bicyclic) bond motifs is 1. The highest BCUT2D eigenvalue weighted by Crippen LogP contribution is 2.12. The van der Waals surface area contributed by atoms with Crippen LogP contribution in [-0.2, 0) is 16.1 Å². The second kappa shape index (κ2) is 5.19. The lowest BCUT2D eigenvalue weighted by Crippen LogP contribution is -2.21. The van der Waals surface area contributed by atoms with Gasteiger partial charge in [0.2, 0.25) is 0 Å². The van der Waals surface area contributed by atoms with Crippen molar-refractivity contribution in [3.63, 3.8) is 0 Å². The number of aliphatic carboxylic acids is 1. The van der Waals surface area contributed by atoms with Crippen molar-refractivity contribution in [2.45, 2.75) is 26.6 Å². The molecule has 0 saturated carbocycles. The normalized spacial score (nSPS) is 12.5. The molecule has 2 N–H and O–H groups in total. The van der Waals surface area contributed by atoms with E-state index in [2.05, 4.69) is 9.97 Å². The van der Waals surface area contributed by atoms with Crippen molar-refractivity contribution < 1.29 is 14.6 Å². The fourth-order valence-corrected chi connectivity index (χ4v) is 1.70. The van der Waals surface area contributed by atoms with Crippen molar-refractivity contribution >= 4 is 16.9 Å². The Balaban J connectivity index is 2.33. The standard InChI is InChI=1S/C13H14N2O4/c1-7-4-3-5-9-11(7)14-10(15-12(9)16)6-19-8(2)13(17)18/h3-5,8H,6H2,1-2H3,(H,17,18)(H,14,15,16). The first-order chi connectivity index (χ1) is 8.99. The van der Waals surface area contributed by atoms with Gasteiger partial charge in [-0.2, -0.15) is 0 Å². The van der Waals surface area contributed by atoms with Gasteiger partial charge < -0.3 is 14.8 Å². The van der Waals surface area contributed by atoms with Gasteiger partial charge in [-0.25, -0.2) is 9.78 Å². The molecule has 1 heterocycles. The summed E-state index contributed by atoms with van der Waals surface area (Å²) in [4.78, 5) is 29.4. The molecule has 6 heteroatoms. The molecule has 0 aliphatic heterocycles. The van der Waals surface area contributed by atoms with E-state index in [0.717, 1.165) is 5.56 Å². The van der Waals surface area contributed by atoms with Crippen LogP contribution in [0.15, 0.2) is 23.0 Å². The number of carboxylic acids is 1. The van der Waals surface area contributed by atoms with E-state index < -0.39 is 12.1 Å². The van der Waals surface area contributed by atoms with Crippen LogP contribution in [0.25, 0.3) is 10.9 Å². The molecule has 0 aliphatic rings. The molecule has 0 bridgehead atoms. The molecule has 1 aromatic heterocycles. The molecule has 1 atom stereocenters. The summed E-state index contributed by atoms with van der Waals surface area (Å²) in [6.45, 7) is 3.24. The highest BCUT2D eigenvalue weighted by molar-refractivity contribution is 5.80. The molecule has 2 aromatic rings. The summed E-state index contributed by atoms with van der Waals surface area (Å²) in [7, 11) is 0. The third kappa shape index (κ3) is 2.79. The quantitative estimate of drug-likeness (QED) is 0.864. The molecule has 1 unspecified atom stereocenters. The van der Waals surface area contributed by atoms with Gasteiger partial charge >= 0.3 is 5.97 Å². The number of ether oxygens (including phenoxy) is 1. The Hall–Kier alpha value is -2.21. The van der Waals surface area contributed by atoms with Crippen LogP contribution in [0.2, 0.25) is 0 Å². The maximum absolute atomic E-state index is 11.9. The van der Waals surface area contributed by atoms with Gasteiger partial charge in [0.05, 0.1) is 10.9 Å². The van der Waals surface area contributed by atoms with E-state index in [0.29, 0.717) is 16.7 Å². The summed E-state index contributed by atoms with van der Waals surface area (Å²) >= 11 is 0. The number of para-hydroxylation sites is 1. The smallest absolute Gasteiger partial charge is 0.332 e. The van der Waals surface area contributed by atoms with Gasteiger partial charge in [0.15, 0.2) is 6.10 Å². The number of rotatable bonds is 4. The zero-order chi connectivity index (χ0) is 14.0. The Labute approximate surface area is 109 Å². The molecule has 0 spiro atoms. The molecule has 0 saturated heterocycles. The van der Waals surface area contributed by atoms with E-state index in [-0.39, 0.29) is 12.2 Å². The summed E-state index contributed by atoms with van der Waals surface area (Å²) in [5.74, 6) is -0.737. The van der Waals surface area contributed by atoms with Gasteiger partial charge in [-0.05, 0) is 25.5 Å². The average molecular weight is 262 g/mol. The minimum Gasteiger partial charge on any atom is -0.479 e. The van der Waals surface area contributed by atoms with E-state index in [4.69, 9.17) is 9.84 Å². The van der Waals surface area contributed by atoms with Gasteiger partial charge in [0.1, 0.15) is 12.4 Å². The Morgan fingerprint density at radius 3 is 2.95 bits per heavy atom. The Bertz CT molecular complexity index is 678. The Morgan fingerprint density at radius 2 is 2.26 bits per heavy atom. The highest BCUT2D eigenvalue weighted by atomic mass is 16.5. The number of aromatic nitrogens is 2. The van der Waals surface area contributed by atoms with E-state index >= 15 is 0 Å². The molecule has 0 fully saturated rings. The number of hydrogen-bond donors (Lipinski definition) is 2. The van der Waals surface area contributed by atoms with Gasteiger partial charge in [-0.1, -0.05) is 12.1 Å². The van der Waals surface area contributed by atoms with Gasteiger partial charge in [0.25, 0.3) is 5.56 Å². The molecule has 2 rings (SSSR count). The van der Waals surface area contributed by atoms with Crippen LogP contribution in [-0.4, -0.2) is 27.1 Å². The number of hydrogen-bond acceptors (Lipinski definition) is 4. The predicted octanol–water partition coefficient (Wildman–Crippen LogP) is 1.22. The number of aromatic amines is 1. The van der Waals surface area contributed by atoms with Crippen molar-refractivity contribution in [3.8, 4) is 0 Å². The first-order valence-corrected chi connectivity index (χ1v) is 5.82. The van der Waals surface area contributed by atoms with Crippen molar-refractivity contribution in [1.82, 2.24) is 9.97 Å². The van der Waals surface area contributed by atoms with Crippen molar-refractivity contribution in [2.24, 2.45) is 0 Å². The first kappa shape index (κ1) is 13.2. The highest BCUT2D eigenvalue weighted by Gasteiger charge is 2.12. The maximum atomic E-state index is 11.9. The lowest BCUT2D eigenvalue weighted by molar-refractivity contribution is -0.150. The van der Waals surface area contributed by atoms with Crippen LogP contribution in [0.5, 0.6) is 0 Å². The number of nitrogens with zero attached hydrogens (tertiary/aromatic N) is 1. The fourth-order valence-electron chi connectivity index (χ4n) is 1.70. The van der Waals surface area contributed by atoms with Crippen LogP contribution in [0.4, 0.5) is 0 Å². The summed E-state index contributed by atoms with van der Waals surface area (Å²) in [6.07, 6.45) is -0.946. The fraction of sp³-hybridized carbons (Fsp3) is 0.308. The average Bonchev–Trinajstić information content (AvgIpc) is 2.37. The second-order valence-electron chi connectivity index (χ2n) is 4.28. The molecule has 0 aliphatic carbocycles. The predicted molar refractivity (Wildman–Crippen MR) is 69.0 cm³/mol. The molecular formula is C13H14N2O4. The molecule has 6 nitrogen and oxygen atoms in total. The van der Waals surface area contributed by atoms with Gasteiger partial charge in [-0.15, -0.1) is 0 Å². The summed E-state index contributed by atoms with van der Waals surface area (Å²) in [5, 5.41) is 9.22. The van der Waals surface area contributed by atoms with Crippen LogP contribution >= 0.6 is 0 Å². The van der Waals surface area contributed by atoms with Crippen LogP contribution in [0.1, 0.15) is 18.3 Å². The van der Waals surface area contributed by atoms with Crippen molar-refractivity contribution in [2.75, 3.05) is 0 Å². The summed E-state index contributed by atoms with van der Waals surface area (Å²) < 4.78 is 5.10. The van der Waals surface area contributed by atoms with E-state index in [9.17, 15) is 9.59 Å². The minimum atomic E-state index is -1.06. The molecule has 1 aromatic carbocycles. The minimum absolute atomic E-state index is 0.0486. The van der Waals surface area contributed by atoms with E-state index in [1.165, 1.54) is 6.92 Å². The number of carbonyl (C=O) groups is 1. The number of carboxylic acid groups (broad SMARTS) is 1. The third-order valence-corrected chi connectivity index (χ3v) is 2.80. The lowest BCUT2D eigenvalue weighted by atomic mass is 10.1. The van der Waals surface area contributed by atoms with Crippen molar-refractivity contribution in [1.29, 1.82) is 0 Å². The number of nitrogens with one attached hydrogen (secondary N) is 1. The lowest BCUT2D eigenvalue weighted by Gasteiger charge is -2.08. The monoisotopic (exact) mass is 262 g/mol. The molecule has 0 amide bonds. The van der Waals surface area contributed by atoms with Crippen LogP contribution < -0.4 is 5.56 Å². The third-order valence-electron chi connectivity index (χ3n) is 2.80. The topological polar surface area (TPSA) is 92.3 Å². The zero-order valence-corrected chi connectivity index (χ0v) is 10.6. The molecule has 19 heavy (non-hydrogen) atoms. The molecular weight excluding hydrogens is 248 g/mol. The molecule has 100 valence electrons.